The Morgan fingerprint density at radius 2 is 2.00 bits per heavy atom. The highest BCUT2D eigenvalue weighted by Gasteiger charge is 2.26. The molecule has 1 saturated carbocycles. The van der Waals surface area contributed by atoms with Crippen LogP contribution >= 0.6 is 43.2 Å². The van der Waals surface area contributed by atoms with Crippen LogP contribution in [0.2, 0.25) is 0 Å². The third-order valence-corrected chi connectivity index (χ3v) is 6.33. The largest absolute Gasteiger partial charge is 0.348 e. The average molecular weight is 454 g/mol. The van der Waals surface area contributed by atoms with Gasteiger partial charge in [-0.15, -0.1) is 11.3 Å². The molecular formula is C17H14Br2N2OS. The molecule has 0 bridgehead atoms. The van der Waals surface area contributed by atoms with Crippen LogP contribution in [0.3, 0.4) is 0 Å². The molecule has 0 spiro atoms. The molecule has 0 aliphatic heterocycles. The third kappa shape index (κ3) is 3.12. The van der Waals surface area contributed by atoms with Gasteiger partial charge in [0.05, 0.1) is 14.7 Å². The maximum absolute atomic E-state index is 12.6. The summed E-state index contributed by atoms with van der Waals surface area (Å²) in [5.41, 5.74) is 3.01. The van der Waals surface area contributed by atoms with Crippen LogP contribution in [0.5, 0.6) is 0 Å². The summed E-state index contributed by atoms with van der Waals surface area (Å²) in [7, 11) is 0. The smallest absolute Gasteiger partial charge is 0.268 e. The van der Waals surface area contributed by atoms with E-state index in [1.54, 1.807) is 11.3 Å². The summed E-state index contributed by atoms with van der Waals surface area (Å²) in [5.74, 6) is 0.0277. The standard InChI is InChI=1S/C17H14Br2N2OS/c18-11-3-1-10(2-4-11)8-21-14(17(22)20-12-5-6-12)7-15-16(21)13(19)9-23-15/h1-4,7,9,12H,5-6,8H2,(H,20,22). The molecule has 0 saturated heterocycles. The van der Waals surface area contributed by atoms with Crippen molar-refractivity contribution in [2.24, 2.45) is 0 Å². The molecule has 1 fully saturated rings. The molecule has 1 aliphatic rings. The molecule has 0 radical (unpaired) electrons. The average Bonchev–Trinajstić information content (AvgIpc) is 3.16. The SMILES string of the molecule is O=C(NC1CC1)c1cc2scc(Br)c2n1Cc1ccc(Br)cc1. The molecule has 4 rings (SSSR count). The Balaban J connectivity index is 1.76. The zero-order valence-corrected chi connectivity index (χ0v) is 16.2. The van der Waals surface area contributed by atoms with E-state index in [1.165, 1.54) is 5.56 Å². The fourth-order valence-electron chi connectivity index (χ4n) is 2.64. The second-order valence-electron chi connectivity index (χ2n) is 5.79. The van der Waals surface area contributed by atoms with Crippen molar-refractivity contribution in [3.63, 3.8) is 0 Å². The lowest BCUT2D eigenvalue weighted by Crippen LogP contribution is -2.27. The molecule has 3 nitrogen and oxygen atoms in total. The molecule has 1 aromatic carbocycles. The van der Waals surface area contributed by atoms with E-state index in [9.17, 15) is 4.79 Å². The number of amides is 1. The summed E-state index contributed by atoms with van der Waals surface area (Å²) in [6.07, 6.45) is 2.19. The minimum atomic E-state index is 0.0277. The van der Waals surface area contributed by atoms with Gasteiger partial charge in [0, 0.05) is 22.4 Å². The Morgan fingerprint density at radius 3 is 2.70 bits per heavy atom. The lowest BCUT2D eigenvalue weighted by molar-refractivity contribution is 0.0942. The Bertz CT molecular complexity index is 878. The van der Waals surface area contributed by atoms with Gasteiger partial charge in [0.2, 0.25) is 0 Å². The minimum Gasteiger partial charge on any atom is -0.348 e. The molecule has 6 heteroatoms. The molecule has 2 aromatic heterocycles. The summed E-state index contributed by atoms with van der Waals surface area (Å²) >= 11 is 8.74. The first-order valence-corrected chi connectivity index (χ1v) is 9.90. The molecule has 2 heterocycles. The van der Waals surface area contributed by atoms with Crippen molar-refractivity contribution < 1.29 is 4.79 Å². The third-order valence-electron chi connectivity index (χ3n) is 3.98. The first kappa shape index (κ1) is 15.4. The monoisotopic (exact) mass is 452 g/mol. The summed E-state index contributed by atoms with van der Waals surface area (Å²) < 4.78 is 5.34. The predicted molar refractivity (Wildman–Crippen MR) is 101 cm³/mol. The highest BCUT2D eigenvalue weighted by atomic mass is 79.9. The number of aromatic nitrogens is 1. The quantitative estimate of drug-likeness (QED) is 0.580. The summed E-state index contributed by atoms with van der Waals surface area (Å²) in [5, 5.41) is 5.17. The molecule has 0 unspecified atom stereocenters. The van der Waals surface area contributed by atoms with E-state index in [0.29, 0.717) is 12.6 Å². The Labute approximate surface area is 154 Å². The first-order valence-electron chi connectivity index (χ1n) is 7.43. The van der Waals surface area contributed by atoms with E-state index in [-0.39, 0.29) is 5.91 Å². The van der Waals surface area contributed by atoms with Gasteiger partial charge in [0.1, 0.15) is 5.69 Å². The van der Waals surface area contributed by atoms with Gasteiger partial charge in [-0.1, -0.05) is 28.1 Å². The number of benzene rings is 1. The number of nitrogens with one attached hydrogen (secondary N) is 1. The van der Waals surface area contributed by atoms with E-state index in [2.05, 4.69) is 59.3 Å². The number of nitrogens with zero attached hydrogens (tertiary/aromatic N) is 1. The van der Waals surface area contributed by atoms with Crippen molar-refractivity contribution in [2.75, 3.05) is 0 Å². The molecule has 1 N–H and O–H groups in total. The molecular weight excluding hydrogens is 440 g/mol. The Hall–Kier alpha value is -1.11. The molecule has 1 amide bonds. The Morgan fingerprint density at radius 1 is 1.26 bits per heavy atom. The Kier molecular flexibility index (Phi) is 4.07. The maximum atomic E-state index is 12.6. The molecule has 1 aliphatic carbocycles. The number of carbonyl (C=O) groups is 1. The number of carbonyl (C=O) groups excluding carboxylic acids is 1. The van der Waals surface area contributed by atoms with E-state index in [4.69, 9.17) is 0 Å². The topological polar surface area (TPSA) is 34.0 Å². The van der Waals surface area contributed by atoms with Crippen molar-refractivity contribution >= 4 is 59.3 Å². The van der Waals surface area contributed by atoms with Crippen molar-refractivity contribution in [1.82, 2.24) is 9.88 Å². The summed E-state index contributed by atoms with van der Waals surface area (Å²) in [6.45, 7) is 0.680. The highest BCUT2D eigenvalue weighted by Crippen LogP contribution is 2.34. The van der Waals surface area contributed by atoms with Crippen LogP contribution in [-0.2, 0) is 6.54 Å². The second-order valence-corrected chi connectivity index (χ2v) is 8.47. The number of rotatable bonds is 4. The lowest BCUT2D eigenvalue weighted by atomic mass is 10.2. The highest BCUT2D eigenvalue weighted by molar-refractivity contribution is 9.11. The number of hydrogen-bond acceptors (Lipinski definition) is 2. The number of halogens is 2. The summed E-state index contributed by atoms with van der Waals surface area (Å²) in [4.78, 5) is 12.6. The van der Waals surface area contributed by atoms with E-state index in [1.807, 2.05) is 18.2 Å². The van der Waals surface area contributed by atoms with Crippen molar-refractivity contribution in [3.8, 4) is 0 Å². The second kappa shape index (κ2) is 6.07. The molecule has 118 valence electrons. The van der Waals surface area contributed by atoms with Gasteiger partial charge in [-0.2, -0.15) is 0 Å². The van der Waals surface area contributed by atoms with Gasteiger partial charge in [-0.3, -0.25) is 4.79 Å². The van der Waals surface area contributed by atoms with Gasteiger partial charge in [0.25, 0.3) is 5.91 Å². The van der Waals surface area contributed by atoms with Crippen LogP contribution in [-0.4, -0.2) is 16.5 Å². The first-order chi connectivity index (χ1) is 11.1. The zero-order valence-electron chi connectivity index (χ0n) is 12.2. The molecule has 23 heavy (non-hydrogen) atoms. The van der Waals surface area contributed by atoms with Crippen LogP contribution in [0.1, 0.15) is 28.9 Å². The van der Waals surface area contributed by atoms with Gasteiger partial charge in [-0.25, -0.2) is 0 Å². The number of fused-ring (bicyclic) bond motifs is 1. The number of thiophene rings is 1. The van der Waals surface area contributed by atoms with E-state index < -0.39 is 0 Å². The van der Waals surface area contributed by atoms with E-state index in [0.717, 1.165) is 37.7 Å². The summed E-state index contributed by atoms with van der Waals surface area (Å²) in [6, 6.07) is 10.6. The maximum Gasteiger partial charge on any atom is 0.268 e. The predicted octanol–water partition coefficient (Wildman–Crippen LogP) is 5.17. The lowest BCUT2D eigenvalue weighted by Gasteiger charge is -2.11. The fraction of sp³-hybridized carbons (Fsp3) is 0.235. The minimum absolute atomic E-state index is 0.0277. The van der Waals surface area contributed by atoms with Crippen molar-refractivity contribution in [1.29, 1.82) is 0 Å². The number of hydrogen-bond donors (Lipinski definition) is 1. The normalized spacial score (nSPS) is 14.3. The van der Waals surface area contributed by atoms with Crippen LogP contribution in [0.15, 0.2) is 44.7 Å². The van der Waals surface area contributed by atoms with Crippen molar-refractivity contribution in [3.05, 3.63) is 55.9 Å². The van der Waals surface area contributed by atoms with Crippen LogP contribution in [0, 0.1) is 0 Å². The van der Waals surface area contributed by atoms with Gasteiger partial charge in [-0.05, 0) is 52.5 Å². The fourth-order valence-corrected chi connectivity index (χ4v) is 4.60. The van der Waals surface area contributed by atoms with Gasteiger partial charge < -0.3 is 9.88 Å². The van der Waals surface area contributed by atoms with Gasteiger partial charge >= 0.3 is 0 Å². The van der Waals surface area contributed by atoms with Gasteiger partial charge in [0.15, 0.2) is 0 Å². The molecule has 0 atom stereocenters. The van der Waals surface area contributed by atoms with Crippen LogP contribution in [0.25, 0.3) is 10.2 Å². The van der Waals surface area contributed by atoms with Crippen molar-refractivity contribution in [2.45, 2.75) is 25.4 Å². The van der Waals surface area contributed by atoms with E-state index >= 15 is 0 Å². The van der Waals surface area contributed by atoms with Crippen LogP contribution < -0.4 is 5.32 Å². The molecule has 3 aromatic rings. The van der Waals surface area contributed by atoms with Crippen LogP contribution in [0.4, 0.5) is 0 Å². The zero-order chi connectivity index (χ0) is 16.0.